The van der Waals surface area contributed by atoms with Crippen molar-refractivity contribution in [3.63, 3.8) is 0 Å². The summed E-state index contributed by atoms with van der Waals surface area (Å²) in [6, 6.07) is 1.90. The molecule has 2 heterocycles. The molecule has 1 fully saturated rings. The summed E-state index contributed by atoms with van der Waals surface area (Å²) in [6.07, 6.45) is 3.98. The highest BCUT2D eigenvalue weighted by molar-refractivity contribution is 8.13. The summed E-state index contributed by atoms with van der Waals surface area (Å²) < 4.78 is 0. The van der Waals surface area contributed by atoms with Crippen LogP contribution in [0.1, 0.15) is 18.9 Å². The van der Waals surface area contributed by atoms with Crippen molar-refractivity contribution >= 4 is 28.5 Å². The first-order chi connectivity index (χ1) is 8.58. The van der Waals surface area contributed by atoms with Gasteiger partial charge in [-0.25, -0.2) is 0 Å². The van der Waals surface area contributed by atoms with Crippen molar-refractivity contribution in [2.75, 3.05) is 17.2 Å². The normalized spacial score (nSPS) is 19.3. The Morgan fingerprint density at radius 1 is 1.61 bits per heavy atom. The van der Waals surface area contributed by atoms with Gasteiger partial charge in [-0.3, -0.25) is 14.6 Å². The van der Waals surface area contributed by atoms with E-state index < -0.39 is 0 Å². The van der Waals surface area contributed by atoms with Gasteiger partial charge in [-0.2, -0.15) is 0 Å². The second-order valence-corrected chi connectivity index (χ2v) is 5.74. The van der Waals surface area contributed by atoms with Gasteiger partial charge in [0.15, 0.2) is 5.12 Å². The quantitative estimate of drug-likeness (QED) is 0.838. The third kappa shape index (κ3) is 2.90. The second kappa shape index (κ2) is 5.52. The molecule has 0 aromatic carbocycles. The highest BCUT2D eigenvalue weighted by Gasteiger charge is 2.31. The van der Waals surface area contributed by atoms with Crippen molar-refractivity contribution in [3.05, 3.63) is 24.0 Å². The van der Waals surface area contributed by atoms with Gasteiger partial charge in [0.05, 0.1) is 11.9 Å². The third-order valence-electron chi connectivity index (χ3n) is 3.03. The third-order valence-corrected chi connectivity index (χ3v) is 4.07. The molecule has 1 aromatic rings. The van der Waals surface area contributed by atoms with Crippen LogP contribution in [0.5, 0.6) is 0 Å². The van der Waals surface area contributed by atoms with Crippen molar-refractivity contribution in [1.82, 2.24) is 4.98 Å². The monoisotopic (exact) mass is 264 g/mol. The average Bonchev–Trinajstić information content (AvgIpc) is 2.69. The van der Waals surface area contributed by atoms with E-state index in [1.807, 2.05) is 13.0 Å². The summed E-state index contributed by atoms with van der Waals surface area (Å²) in [7, 11) is 0. The fourth-order valence-corrected chi connectivity index (χ4v) is 2.79. The minimum Gasteiger partial charge on any atom is -0.310 e. The molecule has 18 heavy (non-hydrogen) atoms. The summed E-state index contributed by atoms with van der Waals surface area (Å²) in [6.45, 7) is 4.22. The SMILES string of the molecule is CC(=O)SCC1CC(=O)N(c2cnccc2C)C1. The van der Waals surface area contributed by atoms with E-state index in [1.165, 1.54) is 11.8 Å². The largest absolute Gasteiger partial charge is 0.310 e. The minimum atomic E-state index is 0.110. The lowest BCUT2D eigenvalue weighted by Gasteiger charge is -2.18. The molecule has 1 aromatic heterocycles. The lowest BCUT2D eigenvalue weighted by atomic mass is 10.1. The molecule has 0 aliphatic carbocycles. The maximum Gasteiger partial charge on any atom is 0.227 e. The van der Waals surface area contributed by atoms with Crippen LogP contribution in [0.3, 0.4) is 0 Å². The fourth-order valence-electron chi connectivity index (χ4n) is 2.10. The lowest BCUT2D eigenvalue weighted by molar-refractivity contribution is -0.117. The highest BCUT2D eigenvalue weighted by Crippen LogP contribution is 2.28. The van der Waals surface area contributed by atoms with Gasteiger partial charge in [-0.15, -0.1) is 0 Å². The summed E-state index contributed by atoms with van der Waals surface area (Å²) in [5.41, 5.74) is 1.94. The van der Waals surface area contributed by atoms with Crippen molar-refractivity contribution < 1.29 is 9.59 Å². The Kier molecular flexibility index (Phi) is 4.01. The van der Waals surface area contributed by atoms with Crippen LogP contribution in [-0.4, -0.2) is 28.3 Å². The minimum absolute atomic E-state index is 0.110. The predicted molar refractivity (Wildman–Crippen MR) is 72.6 cm³/mol. The molecule has 1 amide bonds. The first-order valence-corrected chi connectivity index (χ1v) is 6.91. The predicted octanol–water partition coefficient (Wildman–Crippen LogP) is 2.02. The molecule has 1 atom stereocenters. The number of anilines is 1. The second-order valence-electron chi connectivity index (χ2n) is 4.54. The average molecular weight is 264 g/mol. The molecule has 1 aliphatic rings. The van der Waals surface area contributed by atoms with Crippen LogP contribution >= 0.6 is 11.8 Å². The molecule has 0 N–H and O–H groups in total. The van der Waals surface area contributed by atoms with Gasteiger partial charge in [0.1, 0.15) is 0 Å². The van der Waals surface area contributed by atoms with Crippen LogP contribution in [0.15, 0.2) is 18.5 Å². The lowest BCUT2D eigenvalue weighted by Crippen LogP contribution is -2.25. The van der Waals surface area contributed by atoms with E-state index in [-0.39, 0.29) is 16.9 Å². The maximum atomic E-state index is 12.0. The Hall–Kier alpha value is -1.36. The van der Waals surface area contributed by atoms with Crippen molar-refractivity contribution in [1.29, 1.82) is 0 Å². The standard InChI is InChI=1S/C13H16N2O2S/c1-9-3-4-14-6-12(9)15-7-11(5-13(15)17)8-18-10(2)16/h3-4,6,11H,5,7-8H2,1-2H3. The van der Waals surface area contributed by atoms with Gasteiger partial charge in [0.25, 0.3) is 0 Å². The molecule has 4 nitrogen and oxygen atoms in total. The zero-order chi connectivity index (χ0) is 13.1. The molecule has 0 spiro atoms. The molecule has 1 saturated heterocycles. The number of hydrogen-bond donors (Lipinski definition) is 0. The van der Waals surface area contributed by atoms with Crippen LogP contribution in [0, 0.1) is 12.8 Å². The molecule has 1 unspecified atom stereocenters. The van der Waals surface area contributed by atoms with Crippen molar-refractivity contribution in [2.24, 2.45) is 5.92 Å². The summed E-state index contributed by atoms with van der Waals surface area (Å²) >= 11 is 1.30. The number of carbonyl (C=O) groups is 2. The van der Waals surface area contributed by atoms with Gasteiger partial charge in [0.2, 0.25) is 5.91 Å². The number of carbonyl (C=O) groups excluding carboxylic acids is 2. The zero-order valence-electron chi connectivity index (χ0n) is 10.5. The molecular weight excluding hydrogens is 248 g/mol. The molecule has 0 saturated carbocycles. The van der Waals surface area contributed by atoms with Gasteiger partial charge in [-0.1, -0.05) is 11.8 Å². The van der Waals surface area contributed by atoms with E-state index >= 15 is 0 Å². The number of pyridine rings is 1. The summed E-state index contributed by atoms with van der Waals surface area (Å²) in [5, 5.41) is 0.110. The summed E-state index contributed by atoms with van der Waals surface area (Å²) in [5.74, 6) is 1.10. The molecule has 2 rings (SSSR count). The van der Waals surface area contributed by atoms with Crippen LogP contribution in [0.25, 0.3) is 0 Å². The van der Waals surface area contributed by atoms with Crippen molar-refractivity contribution in [3.8, 4) is 0 Å². The summed E-state index contributed by atoms with van der Waals surface area (Å²) in [4.78, 5) is 28.8. The number of rotatable bonds is 3. The van der Waals surface area contributed by atoms with Gasteiger partial charge >= 0.3 is 0 Å². The van der Waals surface area contributed by atoms with Gasteiger partial charge in [-0.05, 0) is 24.5 Å². The van der Waals surface area contributed by atoms with E-state index in [4.69, 9.17) is 0 Å². The van der Waals surface area contributed by atoms with E-state index in [2.05, 4.69) is 4.98 Å². The Morgan fingerprint density at radius 2 is 2.39 bits per heavy atom. The van der Waals surface area contributed by atoms with Crippen LogP contribution in [0.2, 0.25) is 0 Å². The van der Waals surface area contributed by atoms with E-state index in [0.717, 1.165) is 17.0 Å². The van der Waals surface area contributed by atoms with E-state index in [0.29, 0.717) is 13.0 Å². The van der Waals surface area contributed by atoms with Gasteiger partial charge < -0.3 is 4.90 Å². The maximum absolute atomic E-state index is 12.0. The van der Waals surface area contributed by atoms with E-state index in [9.17, 15) is 9.59 Å². The number of aryl methyl sites for hydroxylation is 1. The number of nitrogens with zero attached hydrogens (tertiary/aromatic N) is 2. The molecule has 0 radical (unpaired) electrons. The molecule has 1 aliphatic heterocycles. The number of amides is 1. The highest BCUT2D eigenvalue weighted by atomic mass is 32.2. The first-order valence-electron chi connectivity index (χ1n) is 5.92. The first kappa shape index (κ1) is 13.1. The molecule has 5 heteroatoms. The molecule has 0 bridgehead atoms. The van der Waals surface area contributed by atoms with Gasteiger partial charge in [0, 0.05) is 31.8 Å². The Bertz CT molecular complexity index is 476. The molecular formula is C13H16N2O2S. The number of aromatic nitrogens is 1. The zero-order valence-corrected chi connectivity index (χ0v) is 11.4. The van der Waals surface area contributed by atoms with E-state index in [1.54, 1.807) is 24.2 Å². The van der Waals surface area contributed by atoms with Crippen LogP contribution in [-0.2, 0) is 9.59 Å². The van der Waals surface area contributed by atoms with Crippen molar-refractivity contribution in [2.45, 2.75) is 20.3 Å². The van der Waals surface area contributed by atoms with Crippen LogP contribution in [0.4, 0.5) is 5.69 Å². The molecule has 96 valence electrons. The Morgan fingerprint density at radius 3 is 3.06 bits per heavy atom. The number of thioether (sulfide) groups is 1. The smallest absolute Gasteiger partial charge is 0.227 e. The Labute approximate surface area is 111 Å². The Balaban J connectivity index is 2.06. The number of hydrogen-bond acceptors (Lipinski definition) is 4. The topological polar surface area (TPSA) is 50.3 Å². The fraction of sp³-hybridized carbons (Fsp3) is 0.462. The van der Waals surface area contributed by atoms with Crippen LogP contribution < -0.4 is 4.90 Å².